The van der Waals surface area contributed by atoms with Crippen LogP contribution in [0.5, 0.6) is 0 Å². The molecule has 0 heterocycles. The third-order valence-electron chi connectivity index (χ3n) is 4.59. The Labute approximate surface area is 145 Å². The molecule has 6 nitrogen and oxygen atoms in total. The van der Waals surface area contributed by atoms with Gasteiger partial charge in [-0.05, 0) is 25.7 Å². The summed E-state index contributed by atoms with van der Waals surface area (Å²) in [4.78, 5) is 37.5. The zero-order valence-corrected chi connectivity index (χ0v) is 15.1. The van der Waals surface area contributed by atoms with Crippen LogP contribution in [-0.4, -0.2) is 46.9 Å². The molecule has 24 heavy (non-hydrogen) atoms. The molecule has 0 aromatic heterocycles. The van der Waals surface area contributed by atoms with Crippen molar-refractivity contribution in [2.24, 2.45) is 5.92 Å². The van der Waals surface area contributed by atoms with Crippen LogP contribution in [0.15, 0.2) is 0 Å². The largest absolute Gasteiger partial charge is 0.481 e. The lowest BCUT2D eigenvalue weighted by Crippen LogP contribution is -2.43. The van der Waals surface area contributed by atoms with Crippen molar-refractivity contribution >= 4 is 17.8 Å². The number of nitrogens with zero attached hydrogens (tertiary/aromatic N) is 1. The molecular formula is C18H32N2O4. The van der Waals surface area contributed by atoms with Gasteiger partial charge in [-0.25, -0.2) is 0 Å². The summed E-state index contributed by atoms with van der Waals surface area (Å²) >= 11 is 0. The number of nitrogens with one attached hydrogen (secondary N) is 1. The van der Waals surface area contributed by atoms with E-state index in [4.69, 9.17) is 0 Å². The highest BCUT2D eigenvalue weighted by atomic mass is 16.4. The number of carboxylic acid groups (broad SMARTS) is 1. The maximum atomic E-state index is 12.2. The van der Waals surface area contributed by atoms with E-state index in [0.29, 0.717) is 12.8 Å². The Hall–Kier alpha value is -1.59. The highest BCUT2D eigenvalue weighted by Gasteiger charge is 2.30. The minimum Gasteiger partial charge on any atom is -0.481 e. The van der Waals surface area contributed by atoms with Crippen LogP contribution in [0.1, 0.15) is 71.6 Å². The molecule has 1 rings (SSSR count). The summed E-state index contributed by atoms with van der Waals surface area (Å²) in [5, 5.41) is 12.2. The lowest BCUT2D eigenvalue weighted by molar-refractivity contribution is -0.143. The van der Waals surface area contributed by atoms with Gasteiger partial charge in [-0.2, -0.15) is 0 Å². The van der Waals surface area contributed by atoms with Gasteiger partial charge in [0.25, 0.3) is 0 Å². The van der Waals surface area contributed by atoms with Crippen molar-refractivity contribution in [3.8, 4) is 0 Å². The summed E-state index contributed by atoms with van der Waals surface area (Å²) in [6, 6.07) is -0.310. The number of carbonyl (C=O) groups is 3. The van der Waals surface area contributed by atoms with Crippen molar-refractivity contribution < 1.29 is 19.5 Å². The molecule has 2 amide bonds. The molecule has 138 valence electrons. The zero-order valence-electron chi connectivity index (χ0n) is 15.1. The van der Waals surface area contributed by atoms with E-state index in [0.717, 1.165) is 45.2 Å². The van der Waals surface area contributed by atoms with E-state index < -0.39 is 11.9 Å². The van der Waals surface area contributed by atoms with Gasteiger partial charge < -0.3 is 15.3 Å². The molecule has 0 aromatic carbocycles. The van der Waals surface area contributed by atoms with Crippen molar-refractivity contribution in [3.05, 3.63) is 0 Å². The summed E-state index contributed by atoms with van der Waals surface area (Å²) in [6.07, 6.45) is 6.29. The molecule has 6 heteroatoms. The topological polar surface area (TPSA) is 86.7 Å². The Morgan fingerprint density at radius 1 is 1.00 bits per heavy atom. The van der Waals surface area contributed by atoms with Crippen molar-refractivity contribution in [2.45, 2.75) is 77.7 Å². The van der Waals surface area contributed by atoms with Crippen LogP contribution in [0, 0.1) is 5.92 Å². The minimum absolute atomic E-state index is 0.00417. The standard InChI is InChI=1S/C18H32N2O4/c1-3-12-20(13-4-2)17(22)11-10-16(21)19-15-9-7-5-6-8-14(15)18(23)24/h14-15H,3-13H2,1-2H3,(H,19,21)(H,23,24)/t14-,15+/m1/s1. The van der Waals surface area contributed by atoms with Gasteiger partial charge in [0, 0.05) is 32.0 Å². The number of hydrogen-bond donors (Lipinski definition) is 2. The molecule has 1 saturated carbocycles. The fourth-order valence-corrected chi connectivity index (χ4v) is 3.33. The second-order valence-corrected chi connectivity index (χ2v) is 6.64. The maximum absolute atomic E-state index is 12.2. The third kappa shape index (κ3) is 6.89. The number of carbonyl (C=O) groups excluding carboxylic acids is 2. The van der Waals surface area contributed by atoms with E-state index in [1.807, 2.05) is 13.8 Å². The number of carboxylic acids is 1. The fourth-order valence-electron chi connectivity index (χ4n) is 3.33. The SMILES string of the molecule is CCCN(CCC)C(=O)CCC(=O)N[C@H]1CCCCC[C@H]1C(=O)O. The zero-order chi connectivity index (χ0) is 17.9. The highest BCUT2D eigenvalue weighted by molar-refractivity contribution is 5.84. The van der Waals surface area contributed by atoms with Crippen molar-refractivity contribution in [3.63, 3.8) is 0 Å². The Morgan fingerprint density at radius 3 is 2.21 bits per heavy atom. The molecular weight excluding hydrogens is 308 g/mol. The number of aliphatic carboxylic acids is 1. The number of rotatable bonds is 9. The van der Waals surface area contributed by atoms with E-state index in [1.165, 1.54) is 0 Å². The van der Waals surface area contributed by atoms with Gasteiger partial charge in [-0.1, -0.05) is 33.1 Å². The second kappa shape index (κ2) is 11.0. The minimum atomic E-state index is -0.838. The van der Waals surface area contributed by atoms with E-state index in [-0.39, 0.29) is 30.7 Å². The lowest BCUT2D eigenvalue weighted by atomic mass is 9.94. The summed E-state index contributed by atoms with van der Waals surface area (Å²) in [5.41, 5.74) is 0. The number of amides is 2. The molecule has 0 aliphatic heterocycles. The van der Waals surface area contributed by atoms with Gasteiger partial charge in [0.15, 0.2) is 0 Å². The molecule has 0 saturated heterocycles. The fraction of sp³-hybridized carbons (Fsp3) is 0.833. The first-order chi connectivity index (χ1) is 11.5. The first-order valence-electron chi connectivity index (χ1n) is 9.29. The van der Waals surface area contributed by atoms with Crippen LogP contribution < -0.4 is 5.32 Å². The van der Waals surface area contributed by atoms with Crippen molar-refractivity contribution in [1.29, 1.82) is 0 Å². The molecule has 2 N–H and O–H groups in total. The molecule has 0 bridgehead atoms. The summed E-state index contributed by atoms with van der Waals surface area (Å²) < 4.78 is 0. The van der Waals surface area contributed by atoms with E-state index in [2.05, 4.69) is 5.32 Å². The van der Waals surface area contributed by atoms with Crippen LogP contribution in [0.25, 0.3) is 0 Å². The van der Waals surface area contributed by atoms with E-state index in [1.54, 1.807) is 4.90 Å². The predicted octanol–water partition coefficient (Wildman–Crippen LogP) is 2.56. The first-order valence-corrected chi connectivity index (χ1v) is 9.29. The molecule has 0 radical (unpaired) electrons. The van der Waals surface area contributed by atoms with Gasteiger partial charge in [0.05, 0.1) is 5.92 Å². The van der Waals surface area contributed by atoms with Crippen molar-refractivity contribution in [2.75, 3.05) is 13.1 Å². The smallest absolute Gasteiger partial charge is 0.308 e. The van der Waals surface area contributed by atoms with Gasteiger partial charge in [-0.3, -0.25) is 14.4 Å². The molecule has 2 atom stereocenters. The average Bonchev–Trinajstić information content (AvgIpc) is 2.78. The second-order valence-electron chi connectivity index (χ2n) is 6.64. The number of hydrogen-bond acceptors (Lipinski definition) is 3. The highest BCUT2D eigenvalue weighted by Crippen LogP contribution is 2.24. The Bertz CT molecular complexity index is 419. The van der Waals surface area contributed by atoms with E-state index >= 15 is 0 Å². The van der Waals surface area contributed by atoms with Gasteiger partial charge in [0.2, 0.25) is 11.8 Å². The van der Waals surface area contributed by atoms with Gasteiger partial charge in [0.1, 0.15) is 0 Å². The Balaban J connectivity index is 2.48. The summed E-state index contributed by atoms with van der Waals surface area (Å²) in [6.45, 7) is 5.50. The molecule has 1 aliphatic carbocycles. The molecule has 0 unspecified atom stereocenters. The normalized spacial score (nSPS) is 20.9. The van der Waals surface area contributed by atoms with Crippen LogP contribution in [0.4, 0.5) is 0 Å². The first kappa shape index (κ1) is 20.5. The molecule has 1 aliphatic rings. The molecule has 0 aromatic rings. The summed E-state index contributed by atoms with van der Waals surface area (Å²) in [7, 11) is 0. The lowest BCUT2D eigenvalue weighted by Gasteiger charge is -2.24. The predicted molar refractivity (Wildman–Crippen MR) is 92.5 cm³/mol. The summed E-state index contributed by atoms with van der Waals surface area (Å²) in [5.74, 6) is -1.56. The van der Waals surface area contributed by atoms with Crippen molar-refractivity contribution in [1.82, 2.24) is 10.2 Å². The molecule has 1 fully saturated rings. The van der Waals surface area contributed by atoms with Crippen LogP contribution in [0.3, 0.4) is 0 Å². The van der Waals surface area contributed by atoms with Crippen LogP contribution >= 0.6 is 0 Å². The molecule has 0 spiro atoms. The van der Waals surface area contributed by atoms with Gasteiger partial charge >= 0.3 is 5.97 Å². The third-order valence-corrected chi connectivity index (χ3v) is 4.59. The average molecular weight is 340 g/mol. The maximum Gasteiger partial charge on any atom is 0.308 e. The van der Waals surface area contributed by atoms with Crippen LogP contribution in [-0.2, 0) is 14.4 Å². The Kier molecular flexibility index (Phi) is 9.42. The Morgan fingerprint density at radius 2 is 1.62 bits per heavy atom. The van der Waals surface area contributed by atoms with Crippen LogP contribution in [0.2, 0.25) is 0 Å². The van der Waals surface area contributed by atoms with E-state index in [9.17, 15) is 19.5 Å². The monoisotopic (exact) mass is 340 g/mol. The van der Waals surface area contributed by atoms with Gasteiger partial charge in [-0.15, -0.1) is 0 Å². The quantitative estimate of drug-likeness (QED) is 0.632.